The maximum atomic E-state index is 11.6. The van der Waals surface area contributed by atoms with Crippen LogP contribution >= 0.6 is 0 Å². The van der Waals surface area contributed by atoms with Crippen LogP contribution in [0.3, 0.4) is 0 Å². The molecule has 2 saturated carbocycles. The lowest BCUT2D eigenvalue weighted by atomic mass is 10.1. The molecule has 0 spiro atoms. The Kier molecular flexibility index (Phi) is 3.99. The van der Waals surface area contributed by atoms with E-state index in [0.717, 1.165) is 25.3 Å². The van der Waals surface area contributed by atoms with Gasteiger partial charge in [-0.2, -0.15) is 0 Å². The number of rotatable bonds is 8. The van der Waals surface area contributed by atoms with Crippen LogP contribution in [-0.2, 0) is 9.59 Å². The van der Waals surface area contributed by atoms with Crippen LogP contribution in [0.25, 0.3) is 0 Å². The predicted molar refractivity (Wildman–Crippen MR) is 62.5 cm³/mol. The molecule has 0 heterocycles. The topological polar surface area (TPSA) is 78.4 Å². The van der Waals surface area contributed by atoms with Crippen molar-refractivity contribution in [1.82, 2.24) is 10.6 Å². The van der Waals surface area contributed by atoms with Crippen molar-refractivity contribution >= 4 is 11.9 Å². The van der Waals surface area contributed by atoms with Gasteiger partial charge in [-0.1, -0.05) is 0 Å². The van der Waals surface area contributed by atoms with Gasteiger partial charge in [-0.25, -0.2) is 0 Å². The van der Waals surface area contributed by atoms with Gasteiger partial charge >= 0.3 is 5.97 Å². The minimum absolute atomic E-state index is 0.0407. The molecule has 1 atom stereocenters. The summed E-state index contributed by atoms with van der Waals surface area (Å²) in [5, 5.41) is 14.7. The Morgan fingerprint density at radius 3 is 2.47 bits per heavy atom. The van der Waals surface area contributed by atoms with E-state index in [4.69, 9.17) is 5.11 Å². The molecule has 2 aliphatic rings. The molecule has 0 aromatic carbocycles. The highest BCUT2D eigenvalue weighted by Gasteiger charge is 2.33. The molecule has 0 saturated heterocycles. The van der Waals surface area contributed by atoms with Gasteiger partial charge in [0.05, 0.1) is 13.0 Å². The van der Waals surface area contributed by atoms with Crippen LogP contribution in [0.1, 0.15) is 32.1 Å². The van der Waals surface area contributed by atoms with Crippen LogP contribution in [0.15, 0.2) is 0 Å². The van der Waals surface area contributed by atoms with Gasteiger partial charge < -0.3 is 15.7 Å². The number of carbonyl (C=O) groups excluding carboxylic acids is 1. The maximum Gasteiger partial charge on any atom is 0.305 e. The number of carboxylic acid groups (broad SMARTS) is 1. The van der Waals surface area contributed by atoms with Crippen LogP contribution < -0.4 is 10.6 Å². The zero-order valence-corrected chi connectivity index (χ0v) is 9.95. The standard InChI is InChI=1S/C12H20N2O3/c15-11(7-13-6-8-1-2-8)14-10(5-12(16)17)9-3-4-9/h8-10,13H,1-7H2,(H,14,15)(H,16,17). The molecule has 5 nitrogen and oxygen atoms in total. The second-order valence-corrected chi connectivity index (χ2v) is 5.18. The molecule has 0 radical (unpaired) electrons. The van der Waals surface area contributed by atoms with E-state index in [1.165, 1.54) is 12.8 Å². The highest BCUT2D eigenvalue weighted by molar-refractivity contribution is 5.79. The number of aliphatic carboxylic acids is 1. The molecular formula is C12H20N2O3. The van der Waals surface area contributed by atoms with Crippen molar-refractivity contribution in [2.75, 3.05) is 13.1 Å². The summed E-state index contributed by atoms with van der Waals surface area (Å²) in [6.45, 7) is 1.21. The Balaban J connectivity index is 1.64. The van der Waals surface area contributed by atoms with Crippen molar-refractivity contribution < 1.29 is 14.7 Å². The molecular weight excluding hydrogens is 220 g/mol. The SMILES string of the molecule is O=C(O)CC(NC(=O)CNCC1CC1)C1CC1. The Morgan fingerprint density at radius 1 is 1.24 bits per heavy atom. The van der Waals surface area contributed by atoms with E-state index in [1.54, 1.807) is 0 Å². The summed E-state index contributed by atoms with van der Waals surface area (Å²) in [7, 11) is 0. The molecule has 17 heavy (non-hydrogen) atoms. The quantitative estimate of drug-likeness (QED) is 0.572. The monoisotopic (exact) mass is 240 g/mol. The third-order valence-corrected chi connectivity index (χ3v) is 3.35. The maximum absolute atomic E-state index is 11.6. The third-order valence-electron chi connectivity index (χ3n) is 3.35. The van der Waals surface area contributed by atoms with E-state index in [0.29, 0.717) is 12.5 Å². The summed E-state index contributed by atoms with van der Waals surface area (Å²) in [6.07, 6.45) is 4.64. The molecule has 3 N–H and O–H groups in total. The molecule has 1 unspecified atom stereocenters. The van der Waals surface area contributed by atoms with Gasteiger partial charge in [0.2, 0.25) is 5.91 Å². The van der Waals surface area contributed by atoms with Crippen LogP contribution in [0.5, 0.6) is 0 Å². The second kappa shape index (κ2) is 5.49. The van der Waals surface area contributed by atoms with E-state index in [2.05, 4.69) is 10.6 Å². The van der Waals surface area contributed by atoms with Crippen molar-refractivity contribution in [2.45, 2.75) is 38.1 Å². The summed E-state index contributed by atoms with van der Waals surface area (Å²) in [5.74, 6) is 0.205. The number of amides is 1. The number of hydrogen-bond acceptors (Lipinski definition) is 3. The van der Waals surface area contributed by atoms with Crippen molar-refractivity contribution in [2.24, 2.45) is 11.8 Å². The first-order valence-electron chi connectivity index (χ1n) is 6.37. The van der Waals surface area contributed by atoms with E-state index < -0.39 is 5.97 Å². The average molecular weight is 240 g/mol. The largest absolute Gasteiger partial charge is 0.481 e. The predicted octanol–water partition coefficient (Wildman–Crippen LogP) is 0.355. The zero-order valence-electron chi connectivity index (χ0n) is 9.95. The lowest BCUT2D eigenvalue weighted by Crippen LogP contribution is -2.42. The Hall–Kier alpha value is -1.10. The summed E-state index contributed by atoms with van der Waals surface area (Å²) in [4.78, 5) is 22.3. The second-order valence-electron chi connectivity index (χ2n) is 5.18. The van der Waals surface area contributed by atoms with Crippen molar-refractivity contribution in [3.05, 3.63) is 0 Å². The number of carboxylic acids is 1. The fourth-order valence-electron chi connectivity index (χ4n) is 1.99. The first-order valence-corrected chi connectivity index (χ1v) is 6.37. The summed E-state index contributed by atoms with van der Waals surface area (Å²) < 4.78 is 0. The molecule has 0 aliphatic heterocycles. The normalized spacial score (nSPS) is 20.9. The minimum Gasteiger partial charge on any atom is -0.481 e. The average Bonchev–Trinajstić information content (AvgIpc) is 3.11. The van der Waals surface area contributed by atoms with Crippen LogP contribution in [-0.4, -0.2) is 36.1 Å². The Bertz CT molecular complexity index is 298. The zero-order chi connectivity index (χ0) is 12.3. The molecule has 2 aliphatic carbocycles. The molecule has 0 aromatic heterocycles. The Labute approximate surface area is 101 Å². The minimum atomic E-state index is -0.840. The van der Waals surface area contributed by atoms with Crippen LogP contribution in [0, 0.1) is 11.8 Å². The summed E-state index contributed by atoms with van der Waals surface area (Å²) >= 11 is 0. The highest BCUT2D eigenvalue weighted by atomic mass is 16.4. The van der Waals surface area contributed by atoms with Crippen LogP contribution in [0.4, 0.5) is 0 Å². The van der Waals surface area contributed by atoms with E-state index in [1.807, 2.05) is 0 Å². The van der Waals surface area contributed by atoms with Gasteiger partial charge in [0.1, 0.15) is 0 Å². The first kappa shape index (κ1) is 12.4. The van der Waals surface area contributed by atoms with Crippen molar-refractivity contribution in [3.63, 3.8) is 0 Å². The fraction of sp³-hybridized carbons (Fsp3) is 0.833. The van der Waals surface area contributed by atoms with Crippen molar-refractivity contribution in [3.8, 4) is 0 Å². The van der Waals surface area contributed by atoms with Gasteiger partial charge in [0, 0.05) is 6.04 Å². The fourth-order valence-corrected chi connectivity index (χ4v) is 1.99. The lowest BCUT2D eigenvalue weighted by molar-refractivity contribution is -0.137. The highest BCUT2D eigenvalue weighted by Crippen LogP contribution is 2.34. The molecule has 96 valence electrons. The molecule has 0 bridgehead atoms. The summed E-state index contributed by atoms with van der Waals surface area (Å²) in [5.41, 5.74) is 0. The molecule has 2 rings (SSSR count). The van der Waals surface area contributed by atoms with Crippen LogP contribution in [0.2, 0.25) is 0 Å². The van der Waals surface area contributed by atoms with Gasteiger partial charge in [-0.05, 0) is 44.1 Å². The molecule has 2 fully saturated rings. The van der Waals surface area contributed by atoms with Gasteiger partial charge in [0.15, 0.2) is 0 Å². The van der Waals surface area contributed by atoms with E-state index in [9.17, 15) is 9.59 Å². The number of nitrogens with one attached hydrogen (secondary N) is 2. The lowest BCUT2D eigenvalue weighted by Gasteiger charge is -2.16. The molecule has 5 heteroatoms. The number of hydrogen-bond donors (Lipinski definition) is 3. The van der Waals surface area contributed by atoms with E-state index >= 15 is 0 Å². The Morgan fingerprint density at radius 2 is 1.94 bits per heavy atom. The van der Waals surface area contributed by atoms with Gasteiger partial charge in [-0.15, -0.1) is 0 Å². The van der Waals surface area contributed by atoms with Crippen molar-refractivity contribution in [1.29, 1.82) is 0 Å². The smallest absolute Gasteiger partial charge is 0.305 e. The van der Waals surface area contributed by atoms with E-state index in [-0.39, 0.29) is 18.4 Å². The van der Waals surface area contributed by atoms with Gasteiger partial charge in [0.25, 0.3) is 0 Å². The molecule has 0 aromatic rings. The molecule has 1 amide bonds. The van der Waals surface area contributed by atoms with Gasteiger partial charge in [-0.3, -0.25) is 9.59 Å². The number of carbonyl (C=O) groups is 2. The first-order chi connectivity index (χ1) is 8.15. The third kappa shape index (κ3) is 4.73. The summed E-state index contributed by atoms with van der Waals surface area (Å²) in [6, 6.07) is -0.178.